The van der Waals surface area contributed by atoms with E-state index >= 15 is 0 Å². The Morgan fingerprint density at radius 3 is 2.76 bits per heavy atom. The van der Waals surface area contributed by atoms with E-state index in [1.807, 2.05) is 37.3 Å². The average Bonchev–Trinajstić information content (AvgIpc) is 2.87. The lowest BCUT2D eigenvalue weighted by Crippen LogP contribution is -2.32. The van der Waals surface area contributed by atoms with Crippen LogP contribution in [0.1, 0.15) is 29.0 Å². The number of hydrogen-bond donors (Lipinski definition) is 2. The quantitative estimate of drug-likeness (QED) is 0.471. The van der Waals surface area contributed by atoms with Crippen molar-refractivity contribution in [1.29, 1.82) is 0 Å². The van der Waals surface area contributed by atoms with Gasteiger partial charge in [0.15, 0.2) is 0 Å². The first-order chi connectivity index (χ1) is 8.24. The van der Waals surface area contributed by atoms with E-state index in [0.29, 0.717) is 5.69 Å². The highest BCUT2D eigenvalue weighted by atomic mass is 16.2. The zero-order chi connectivity index (χ0) is 12.3. The van der Waals surface area contributed by atoms with Gasteiger partial charge in [0.2, 0.25) is 0 Å². The molecule has 0 spiro atoms. The predicted octanol–water partition coefficient (Wildman–Crippen LogP) is 1.10. The summed E-state index contributed by atoms with van der Waals surface area (Å²) in [4.78, 5) is 15.5. The summed E-state index contributed by atoms with van der Waals surface area (Å²) in [6, 6.07) is 9.93. The molecular formula is C12H14N4O. The second-order valence-corrected chi connectivity index (χ2v) is 3.75. The molecule has 17 heavy (non-hydrogen) atoms. The fraction of sp³-hybridized carbons (Fsp3) is 0.167. The zero-order valence-corrected chi connectivity index (χ0v) is 9.50. The van der Waals surface area contributed by atoms with Crippen LogP contribution < -0.4 is 11.3 Å². The number of nitrogen functional groups attached to an aromatic ring is 1. The molecule has 1 amide bonds. The van der Waals surface area contributed by atoms with E-state index in [0.717, 1.165) is 5.56 Å². The lowest BCUT2D eigenvalue weighted by atomic mass is 10.1. The largest absolute Gasteiger partial charge is 0.319 e. The molecule has 0 aliphatic heterocycles. The van der Waals surface area contributed by atoms with Crippen LogP contribution in [0, 0.1) is 0 Å². The van der Waals surface area contributed by atoms with E-state index in [1.165, 1.54) is 6.20 Å². The highest BCUT2D eigenvalue weighted by Gasteiger charge is 2.15. The zero-order valence-electron chi connectivity index (χ0n) is 9.50. The van der Waals surface area contributed by atoms with Crippen LogP contribution >= 0.6 is 0 Å². The van der Waals surface area contributed by atoms with Crippen molar-refractivity contribution in [2.75, 3.05) is 0 Å². The Morgan fingerprint density at radius 1 is 1.41 bits per heavy atom. The van der Waals surface area contributed by atoms with E-state index < -0.39 is 0 Å². The van der Waals surface area contributed by atoms with Gasteiger partial charge in [-0.2, -0.15) is 0 Å². The second kappa shape index (κ2) is 4.80. The predicted molar refractivity (Wildman–Crippen MR) is 64.1 cm³/mol. The standard InChI is InChI=1S/C12H14N4O/c1-9(10-5-3-2-4-6-10)16-8-14-7-11(16)12(17)15-13/h2-9H,13H2,1H3,(H,15,17). The van der Waals surface area contributed by atoms with Gasteiger partial charge in [-0.25, -0.2) is 10.8 Å². The summed E-state index contributed by atoms with van der Waals surface area (Å²) in [5, 5.41) is 0. The highest BCUT2D eigenvalue weighted by molar-refractivity contribution is 5.91. The first-order valence-electron chi connectivity index (χ1n) is 5.31. The molecule has 1 atom stereocenters. The number of nitrogens with one attached hydrogen (secondary N) is 1. The van der Waals surface area contributed by atoms with Crippen LogP contribution in [0.5, 0.6) is 0 Å². The fourth-order valence-corrected chi connectivity index (χ4v) is 1.76. The van der Waals surface area contributed by atoms with Gasteiger partial charge in [0.25, 0.3) is 5.91 Å². The maximum atomic E-state index is 11.5. The van der Waals surface area contributed by atoms with Crippen molar-refractivity contribution in [3.63, 3.8) is 0 Å². The molecule has 0 aliphatic carbocycles. The molecule has 88 valence electrons. The first-order valence-corrected chi connectivity index (χ1v) is 5.31. The summed E-state index contributed by atoms with van der Waals surface area (Å²) in [5.74, 6) is 4.79. The molecule has 2 rings (SSSR count). The molecule has 1 aromatic heterocycles. The molecule has 1 heterocycles. The molecule has 1 aromatic carbocycles. The average molecular weight is 230 g/mol. The van der Waals surface area contributed by atoms with Crippen molar-refractivity contribution in [3.8, 4) is 0 Å². The summed E-state index contributed by atoms with van der Waals surface area (Å²) >= 11 is 0. The van der Waals surface area contributed by atoms with E-state index in [2.05, 4.69) is 10.4 Å². The van der Waals surface area contributed by atoms with E-state index in [1.54, 1.807) is 10.9 Å². The minimum atomic E-state index is -0.342. The number of benzene rings is 1. The van der Waals surface area contributed by atoms with E-state index in [9.17, 15) is 4.79 Å². The summed E-state index contributed by atoms with van der Waals surface area (Å²) in [6.07, 6.45) is 3.13. The molecule has 0 saturated heterocycles. The molecule has 5 nitrogen and oxygen atoms in total. The van der Waals surface area contributed by atoms with Gasteiger partial charge in [-0.3, -0.25) is 10.2 Å². The molecule has 0 radical (unpaired) electrons. The number of carbonyl (C=O) groups excluding carboxylic acids is 1. The Bertz CT molecular complexity index is 506. The SMILES string of the molecule is CC(c1ccccc1)n1cncc1C(=O)NN. The minimum Gasteiger partial charge on any atom is -0.319 e. The highest BCUT2D eigenvalue weighted by Crippen LogP contribution is 2.18. The molecule has 3 N–H and O–H groups in total. The molecule has 0 bridgehead atoms. The van der Waals surface area contributed by atoms with Gasteiger partial charge in [0.05, 0.1) is 18.6 Å². The number of amides is 1. The van der Waals surface area contributed by atoms with Crippen LogP contribution in [0.3, 0.4) is 0 Å². The number of rotatable bonds is 3. The van der Waals surface area contributed by atoms with Crippen molar-refractivity contribution >= 4 is 5.91 Å². The molecule has 1 unspecified atom stereocenters. The van der Waals surface area contributed by atoms with Gasteiger partial charge >= 0.3 is 0 Å². The number of hydrazine groups is 1. The molecule has 0 aliphatic rings. The molecular weight excluding hydrogens is 216 g/mol. The van der Waals surface area contributed by atoms with Gasteiger partial charge in [-0.1, -0.05) is 30.3 Å². The number of nitrogens with zero attached hydrogens (tertiary/aromatic N) is 2. The van der Waals surface area contributed by atoms with Crippen LogP contribution in [0.15, 0.2) is 42.9 Å². The summed E-state index contributed by atoms with van der Waals surface area (Å²) in [5.41, 5.74) is 3.67. The third-order valence-corrected chi connectivity index (χ3v) is 2.73. The van der Waals surface area contributed by atoms with E-state index in [4.69, 9.17) is 5.84 Å². The Hall–Kier alpha value is -2.14. The van der Waals surface area contributed by atoms with Gasteiger partial charge in [0, 0.05) is 0 Å². The number of nitrogens with two attached hydrogens (primary N) is 1. The third kappa shape index (κ3) is 2.19. The Morgan fingerprint density at radius 2 is 2.12 bits per heavy atom. The monoisotopic (exact) mass is 230 g/mol. The van der Waals surface area contributed by atoms with Gasteiger partial charge in [-0.05, 0) is 12.5 Å². The maximum absolute atomic E-state index is 11.5. The van der Waals surface area contributed by atoms with Gasteiger partial charge in [-0.15, -0.1) is 0 Å². The Kier molecular flexibility index (Phi) is 3.20. The van der Waals surface area contributed by atoms with Crippen molar-refractivity contribution < 1.29 is 4.79 Å². The van der Waals surface area contributed by atoms with Crippen molar-refractivity contribution in [2.45, 2.75) is 13.0 Å². The van der Waals surface area contributed by atoms with E-state index in [-0.39, 0.29) is 11.9 Å². The fourth-order valence-electron chi connectivity index (χ4n) is 1.76. The second-order valence-electron chi connectivity index (χ2n) is 3.75. The van der Waals surface area contributed by atoms with Crippen LogP contribution in [0.2, 0.25) is 0 Å². The van der Waals surface area contributed by atoms with Gasteiger partial charge < -0.3 is 4.57 Å². The normalized spacial score (nSPS) is 12.1. The number of carbonyl (C=O) groups is 1. The molecule has 0 saturated carbocycles. The smallest absolute Gasteiger partial charge is 0.283 e. The topological polar surface area (TPSA) is 72.9 Å². The molecule has 2 aromatic rings. The minimum absolute atomic E-state index is 0.0333. The van der Waals surface area contributed by atoms with Crippen LogP contribution in [0.4, 0.5) is 0 Å². The summed E-state index contributed by atoms with van der Waals surface area (Å²) in [6.45, 7) is 2.00. The maximum Gasteiger partial charge on any atom is 0.283 e. The first kappa shape index (κ1) is 11.3. The van der Waals surface area contributed by atoms with Crippen molar-refractivity contribution in [3.05, 3.63) is 54.1 Å². The lowest BCUT2D eigenvalue weighted by Gasteiger charge is -2.16. The van der Waals surface area contributed by atoms with Crippen molar-refractivity contribution in [2.24, 2.45) is 5.84 Å². The van der Waals surface area contributed by atoms with Crippen LogP contribution in [-0.4, -0.2) is 15.5 Å². The Labute approximate surface area is 99.2 Å². The number of aromatic nitrogens is 2. The lowest BCUT2D eigenvalue weighted by molar-refractivity contribution is 0.0943. The van der Waals surface area contributed by atoms with Crippen molar-refractivity contribution in [1.82, 2.24) is 15.0 Å². The summed E-state index contributed by atoms with van der Waals surface area (Å²) < 4.78 is 1.79. The number of hydrogen-bond acceptors (Lipinski definition) is 3. The molecule has 0 fully saturated rings. The number of imidazole rings is 1. The van der Waals surface area contributed by atoms with Crippen LogP contribution in [-0.2, 0) is 0 Å². The summed E-state index contributed by atoms with van der Waals surface area (Å²) in [7, 11) is 0. The van der Waals surface area contributed by atoms with Gasteiger partial charge in [0.1, 0.15) is 5.69 Å². The Balaban J connectivity index is 2.35. The third-order valence-electron chi connectivity index (χ3n) is 2.73. The van der Waals surface area contributed by atoms with Crippen LogP contribution in [0.25, 0.3) is 0 Å². The molecule has 5 heteroatoms.